The fraction of sp³-hybridized carbons (Fsp3) is 0.837. The van der Waals surface area contributed by atoms with Crippen molar-refractivity contribution < 1.29 is 15.0 Å². The van der Waals surface area contributed by atoms with Gasteiger partial charge in [-0.15, -0.1) is 0 Å². The van der Waals surface area contributed by atoms with Gasteiger partial charge in [0.1, 0.15) is 0 Å². The number of carbonyl (C=O) groups excluding carboxylic acids is 1. The van der Waals surface area contributed by atoms with Crippen molar-refractivity contribution in [2.75, 3.05) is 6.61 Å². The Morgan fingerprint density at radius 3 is 1.26 bits per heavy atom. The molecule has 2 unspecified atom stereocenters. The van der Waals surface area contributed by atoms with E-state index in [0.29, 0.717) is 6.42 Å². The number of carbonyl (C=O) groups is 1. The second kappa shape index (κ2) is 39.1. The summed E-state index contributed by atoms with van der Waals surface area (Å²) in [5, 5.41) is 22.9. The second-order valence-electron chi connectivity index (χ2n) is 14.0. The van der Waals surface area contributed by atoms with Crippen LogP contribution in [-0.4, -0.2) is 34.9 Å². The number of allylic oxidation sites excluding steroid dienone is 5. The normalized spacial score (nSPS) is 13.4. The Morgan fingerprint density at radius 1 is 0.489 bits per heavy atom. The molecule has 4 nitrogen and oxygen atoms in total. The molecule has 0 aliphatic heterocycles. The van der Waals surface area contributed by atoms with E-state index in [4.69, 9.17) is 0 Å². The van der Waals surface area contributed by atoms with Gasteiger partial charge in [0.05, 0.1) is 18.8 Å². The van der Waals surface area contributed by atoms with E-state index in [1.54, 1.807) is 6.08 Å². The van der Waals surface area contributed by atoms with Gasteiger partial charge >= 0.3 is 0 Å². The lowest BCUT2D eigenvalue weighted by Crippen LogP contribution is -2.45. The zero-order chi connectivity index (χ0) is 34.3. The Kier molecular flexibility index (Phi) is 37.9. The van der Waals surface area contributed by atoms with Gasteiger partial charge in [0.2, 0.25) is 5.91 Å². The average molecular weight is 660 g/mol. The Bertz CT molecular complexity index is 716. The molecule has 3 N–H and O–H groups in total. The summed E-state index contributed by atoms with van der Waals surface area (Å²) in [6, 6.07) is -0.639. The maximum absolute atomic E-state index is 12.3. The molecular formula is C43H81NO3. The van der Waals surface area contributed by atoms with Gasteiger partial charge in [-0.3, -0.25) is 4.79 Å². The molecule has 0 bridgehead atoms. The van der Waals surface area contributed by atoms with E-state index in [0.717, 1.165) is 32.1 Å². The van der Waals surface area contributed by atoms with Crippen molar-refractivity contribution in [2.45, 2.75) is 225 Å². The summed E-state index contributed by atoms with van der Waals surface area (Å²) in [6.45, 7) is 4.28. The quantitative estimate of drug-likeness (QED) is 0.0459. The third-order valence-corrected chi connectivity index (χ3v) is 9.35. The smallest absolute Gasteiger partial charge is 0.220 e. The van der Waals surface area contributed by atoms with Crippen molar-refractivity contribution >= 4 is 5.91 Å². The molecule has 0 saturated carbocycles. The van der Waals surface area contributed by atoms with Gasteiger partial charge in [-0.25, -0.2) is 0 Å². The minimum Gasteiger partial charge on any atom is -0.394 e. The number of aliphatic hydroxyl groups excluding tert-OH is 2. The van der Waals surface area contributed by atoms with Crippen LogP contribution in [-0.2, 0) is 4.79 Å². The minimum absolute atomic E-state index is 0.0792. The van der Waals surface area contributed by atoms with Crippen LogP contribution >= 0.6 is 0 Å². The fourth-order valence-electron chi connectivity index (χ4n) is 6.13. The number of hydrogen-bond acceptors (Lipinski definition) is 3. The lowest BCUT2D eigenvalue weighted by atomic mass is 10.0. The van der Waals surface area contributed by atoms with Crippen molar-refractivity contribution in [3.05, 3.63) is 36.5 Å². The van der Waals surface area contributed by atoms with Crippen LogP contribution in [0.1, 0.15) is 213 Å². The molecular weight excluding hydrogens is 578 g/mol. The van der Waals surface area contributed by atoms with Crippen LogP contribution in [0.15, 0.2) is 36.5 Å². The molecule has 0 aliphatic rings. The molecule has 0 heterocycles. The van der Waals surface area contributed by atoms with Crippen molar-refractivity contribution in [1.29, 1.82) is 0 Å². The Morgan fingerprint density at radius 2 is 0.830 bits per heavy atom. The van der Waals surface area contributed by atoms with Gasteiger partial charge in [-0.1, -0.05) is 185 Å². The first-order valence-electron chi connectivity index (χ1n) is 20.7. The Labute approximate surface area is 293 Å². The maximum atomic E-state index is 12.3. The van der Waals surface area contributed by atoms with Gasteiger partial charge in [0.15, 0.2) is 0 Å². The lowest BCUT2D eigenvalue weighted by Gasteiger charge is -2.19. The number of unbranched alkanes of at least 4 members (excludes halogenated alkanes) is 26. The van der Waals surface area contributed by atoms with Crippen LogP contribution in [0.25, 0.3) is 0 Å². The van der Waals surface area contributed by atoms with Crippen LogP contribution in [0.2, 0.25) is 0 Å². The van der Waals surface area contributed by atoms with Gasteiger partial charge in [0.25, 0.3) is 0 Å². The highest BCUT2D eigenvalue weighted by molar-refractivity contribution is 5.76. The highest BCUT2D eigenvalue weighted by atomic mass is 16.3. The molecule has 276 valence electrons. The molecule has 0 aromatic heterocycles. The van der Waals surface area contributed by atoms with Gasteiger partial charge in [-0.2, -0.15) is 0 Å². The molecule has 2 atom stereocenters. The van der Waals surface area contributed by atoms with E-state index in [2.05, 4.69) is 43.5 Å². The number of aliphatic hydroxyl groups is 2. The third-order valence-electron chi connectivity index (χ3n) is 9.35. The predicted molar refractivity (Wildman–Crippen MR) is 207 cm³/mol. The third kappa shape index (κ3) is 35.7. The molecule has 0 rings (SSSR count). The zero-order valence-corrected chi connectivity index (χ0v) is 31.5. The van der Waals surface area contributed by atoms with E-state index in [1.165, 1.54) is 161 Å². The van der Waals surface area contributed by atoms with Gasteiger partial charge in [-0.05, 0) is 57.8 Å². The zero-order valence-electron chi connectivity index (χ0n) is 31.5. The lowest BCUT2D eigenvalue weighted by molar-refractivity contribution is -0.123. The van der Waals surface area contributed by atoms with Crippen LogP contribution in [0.4, 0.5) is 0 Å². The number of nitrogens with one attached hydrogen (secondary N) is 1. The topological polar surface area (TPSA) is 69.6 Å². The van der Waals surface area contributed by atoms with Crippen molar-refractivity contribution in [2.24, 2.45) is 0 Å². The van der Waals surface area contributed by atoms with Crippen molar-refractivity contribution in [3.63, 3.8) is 0 Å². The first-order chi connectivity index (χ1) is 23.2. The standard InChI is InChI=1S/C43H81NO3/c1-3-5-7-9-11-13-15-17-19-20-21-22-23-25-26-28-30-32-34-36-38-42(46)41(40-45)44-43(47)39-37-35-33-31-29-27-24-18-16-14-12-10-8-6-4-2/h14,16,28,30,36,38,41-42,45-46H,3-13,15,17-27,29,31-35,37,39-40H2,1-2H3,(H,44,47)/b16-14-,30-28+,38-36+. The molecule has 0 aromatic rings. The summed E-state index contributed by atoms with van der Waals surface area (Å²) >= 11 is 0. The number of rotatable bonds is 37. The average Bonchev–Trinajstić information content (AvgIpc) is 3.07. The molecule has 0 spiro atoms. The molecule has 0 radical (unpaired) electrons. The van der Waals surface area contributed by atoms with Gasteiger partial charge < -0.3 is 15.5 Å². The Balaban J connectivity index is 3.63. The number of amides is 1. The summed E-state index contributed by atoms with van der Waals surface area (Å²) in [6.07, 6.45) is 51.0. The SMILES string of the molecule is CCCCCC/C=C\CCCCCCCCCC(=O)NC(CO)C(O)/C=C/CC/C=C/CCCCCCCCCCCCCCCC. The summed E-state index contributed by atoms with van der Waals surface area (Å²) in [5.41, 5.74) is 0. The van der Waals surface area contributed by atoms with Crippen LogP contribution < -0.4 is 5.32 Å². The first kappa shape index (κ1) is 45.6. The fourth-order valence-corrected chi connectivity index (χ4v) is 6.13. The molecule has 47 heavy (non-hydrogen) atoms. The van der Waals surface area contributed by atoms with E-state index >= 15 is 0 Å². The van der Waals surface area contributed by atoms with Crippen LogP contribution in [0, 0.1) is 0 Å². The van der Waals surface area contributed by atoms with Crippen molar-refractivity contribution in [3.8, 4) is 0 Å². The van der Waals surface area contributed by atoms with E-state index in [-0.39, 0.29) is 12.5 Å². The molecule has 0 aromatic carbocycles. The summed E-state index contributed by atoms with van der Waals surface area (Å²) in [5.74, 6) is -0.0792. The van der Waals surface area contributed by atoms with E-state index < -0.39 is 12.1 Å². The summed E-state index contributed by atoms with van der Waals surface area (Å²) < 4.78 is 0. The van der Waals surface area contributed by atoms with Crippen molar-refractivity contribution in [1.82, 2.24) is 5.32 Å². The molecule has 0 saturated heterocycles. The van der Waals surface area contributed by atoms with Crippen LogP contribution in [0.3, 0.4) is 0 Å². The molecule has 0 fully saturated rings. The highest BCUT2D eigenvalue weighted by Crippen LogP contribution is 2.14. The molecule has 1 amide bonds. The number of hydrogen-bond donors (Lipinski definition) is 3. The summed E-state index contributed by atoms with van der Waals surface area (Å²) in [4.78, 5) is 12.3. The maximum Gasteiger partial charge on any atom is 0.220 e. The highest BCUT2D eigenvalue weighted by Gasteiger charge is 2.17. The van der Waals surface area contributed by atoms with Crippen LogP contribution in [0.5, 0.6) is 0 Å². The monoisotopic (exact) mass is 660 g/mol. The molecule has 4 heteroatoms. The van der Waals surface area contributed by atoms with E-state index in [9.17, 15) is 15.0 Å². The minimum atomic E-state index is -0.862. The second-order valence-corrected chi connectivity index (χ2v) is 14.0. The molecule has 0 aliphatic carbocycles. The largest absolute Gasteiger partial charge is 0.394 e. The van der Waals surface area contributed by atoms with E-state index in [1.807, 2.05) is 6.08 Å². The predicted octanol–water partition coefficient (Wildman–Crippen LogP) is 12.6. The summed E-state index contributed by atoms with van der Waals surface area (Å²) in [7, 11) is 0. The Hall–Kier alpha value is -1.39. The van der Waals surface area contributed by atoms with Gasteiger partial charge in [0, 0.05) is 6.42 Å². The first-order valence-corrected chi connectivity index (χ1v) is 20.7.